The third kappa shape index (κ3) is 3.83. The molecule has 1 aromatic carbocycles. The number of benzene rings is 1. The summed E-state index contributed by atoms with van der Waals surface area (Å²) in [7, 11) is -5.10. The molecule has 1 saturated carbocycles. The average molecular weight is 432 g/mol. The molecule has 0 saturated heterocycles. The van der Waals surface area contributed by atoms with Crippen LogP contribution in [-0.2, 0) is 9.84 Å². The van der Waals surface area contributed by atoms with Crippen LogP contribution in [0.5, 0.6) is 0 Å². The number of rotatable bonds is 7. The second-order valence-corrected chi connectivity index (χ2v) is 16.4. The zero-order valence-corrected chi connectivity index (χ0v) is 18.7. The van der Waals surface area contributed by atoms with Crippen molar-refractivity contribution >= 4 is 39.0 Å². The molecule has 0 heterocycles. The molecule has 1 aromatic rings. The second kappa shape index (κ2) is 8.04. The first kappa shape index (κ1) is 20.2. The Hall–Kier alpha value is -0.133. The van der Waals surface area contributed by atoms with E-state index in [0.29, 0.717) is 4.90 Å². The van der Waals surface area contributed by atoms with Crippen molar-refractivity contribution in [3.05, 3.63) is 24.3 Å². The zero-order chi connectivity index (χ0) is 17.8. The van der Waals surface area contributed by atoms with Crippen molar-refractivity contribution in [1.29, 1.82) is 0 Å². The maximum Gasteiger partial charge on any atom is 0.183 e. The van der Waals surface area contributed by atoms with Crippen molar-refractivity contribution in [3.8, 4) is 0 Å². The first-order chi connectivity index (χ1) is 11.3. The molecule has 0 radical (unpaired) electrons. The van der Waals surface area contributed by atoms with Crippen LogP contribution in [-0.4, -0.2) is 26.2 Å². The fourth-order valence-corrected chi connectivity index (χ4v) is 9.81. The van der Waals surface area contributed by atoms with Gasteiger partial charge >= 0.3 is 0 Å². The van der Waals surface area contributed by atoms with Crippen LogP contribution in [0, 0.1) is 0 Å². The van der Waals surface area contributed by atoms with Crippen LogP contribution in [0.3, 0.4) is 0 Å². The summed E-state index contributed by atoms with van der Waals surface area (Å²) in [5.41, 5.74) is 0. The van der Waals surface area contributed by atoms with E-state index in [-0.39, 0.29) is 0 Å². The van der Waals surface area contributed by atoms with Crippen molar-refractivity contribution < 1.29 is 8.42 Å². The molecule has 0 atom stereocenters. The highest BCUT2D eigenvalue weighted by atomic mass is 79.9. The summed E-state index contributed by atoms with van der Waals surface area (Å²) in [5, 5.41) is 1.09. The third-order valence-electron chi connectivity index (χ3n) is 5.56. The van der Waals surface area contributed by atoms with Gasteiger partial charge in [0.1, 0.15) is 0 Å². The minimum Gasteiger partial charge on any atom is -0.223 e. The lowest BCUT2D eigenvalue weighted by molar-refractivity contribution is 0.347. The molecule has 0 amide bonds. The molecule has 1 aliphatic carbocycles. The Balaban J connectivity index is 2.56. The molecule has 1 fully saturated rings. The van der Waals surface area contributed by atoms with Crippen LogP contribution in [0.25, 0.3) is 0 Å². The van der Waals surface area contributed by atoms with Gasteiger partial charge in [0.05, 0.1) is 17.7 Å². The van der Waals surface area contributed by atoms with Crippen molar-refractivity contribution in [3.63, 3.8) is 0 Å². The topological polar surface area (TPSA) is 34.1 Å². The number of hydrogen-bond donors (Lipinski definition) is 0. The Kier molecular flexibility index (Phi) is 6.76. The molecule has 2 nitrogen and oxygen atoms in total. The Bertz CT molecular complexity index is 649. The monoisotopic (exact) mass is 430 g/mol. The molecule has 0 unspecified atom stereocenters. The van der Waals surface area contributed by atoms with E-state index in [4.69, 9.17) is 0 Å². The van der Waals surface area contributed by atoms with E-state index < -0.39 is 22.7 Å². The largest absolute Gasteiger partial charge is 0.223 e. The van der Waals surface area contributed by atoms with Crippen molar-refractivity contribution in [2.45, 2.75) is 81.0 Å². The molecule has 136 valence electrons. The Labute approximate surface area is 157 Å². The van der Waals surface area contributed by atoms with Crippen molar-refractivity contribution in [2.24, 2.45) is 0 Å². The number of sulfone groups is 1. The van der Waals surface area contributed by atoms with Gasteiger partial charge in [0.15, 0.2) is 9.84 Å². The Morgan fingerprint density at radius 1 is 1.12 bits per heavy atom. The van der Waals surface area contributed by atoms with Crippen LogP contribution < -0.4 is 5.19 Å². The molecule has 2 rings (SSSR count). The molecule has 0 aromatic heterocycles. The van der Waals surface area contributed by atoms with Gasteiger partial charge in [-0.2, -0.15) is 0 Å². The van der Waals surface area contributed by atoms with E-state index in [9.17, 15) is 8.42 Å². The van der Waals surface area contributed by atoms with Gasteiger partial charge in [-0.3, -0.25) is 0 Å². The van der Waals surface area contributed by atoms with Gasteiger partial charge in [0.2, 0.25) is 0 Å². The minimum absolute atomic E-state index is 0.534. The Morgan fingerprint density at radius 3 is 2.33 bits per heavy atom. The highest BCUT2D eigenvalue weighted by molar-refractivity contribution is 9.09. The number of hydrogen-bond acceptors (Lipinski definition) is 2. The predicted octanol–water partition coefficient (Wildman–Crippen LogP) is 5.20. The summed E-state index contributed by atoms with van der Waals surface area (Å²) < 4.78 is 27.1. The zero-order valence-electron chi connectivity index (χ0n) is 15.3. The van der Waals surface area contributed by atoms with E-state index in [2.05, 4.69) is 42.0 Å². The van der Waals surface area contributed by atoms with E-state index in [1.807, 2.05) is 18.2 Å². The summed E-state index contributed by atoms with van der Waals surface area (Å²) in [6.07, 6.45) is 7.80. The smallest absolute Gasteiger partial charge is 0.183 e. The number of halogens is 1. The Morgan fingerprint density at radius 2 is 1.75 bits per heavy atom. The van der Waals surface area contributed by atoms with Crippen LogP contribution in [0.1, 0.15) is 58.3 Å². The normalized spacial score (nSPS) is 18.5. The van der Waals surface area contributed by atoms with Crippen LogP contribution in [0.15, 0.2) is 29.2 Å². The highest BCUT2D eigenvalue weighted by Gasteiger charge is 2.46. The lowest BCUT2D eigenvalue weighted by atomic mass is 9.85. The SMILES string of the molecule is CCCCC1(S(=O)(=O)c2ccccc2[Si](C)(C)CBr)CCCCC1. The fourth-order valence-electron chi connectivity index (χ4n) is 3.91. The van der Waals surface area contributed by atoms with Crippen LogP contribution >= 0.6 is 15.9 Å². The molecule has 1 aliphatic rings. The lowest BCUT2D eigenvalue weighted by Gasteiger charge is -2.38. The highest BCUT2D eigenvalue weighted by Crippen LogP contribution is 2.42. The number of unbranched alkanes of at least 4 members (excludes halogenated alkanes) is 1. The summed E-state index contributed by atoms with van der Waals surface area (Å²) in [4.78, 5) is 1.51. The summed E-state index contributed by atoms with van der Waals surface area (Å²) in [5.74, 6) is 0. The number of alkyl halides is 1. The van der Waals surface area contributed by atoms with Crippen LogP contribution in [0.4, 0.5) is 0 Å². The summed E-state index contributed by atoms with van der Waals surface area (Å²) in [6, 6.07) is 7.80. The maximum atomic E-state index is 13.8. The summed E-state index contributed by atoms with van der Waals surface area (Å²) >= 11 is 3.63. The molecular formula is C19H31BrO2SSi. The van der Waals surface area contributed by atoms with Gasteiger partial charge in [0, 0.05) is 4.95 Å². The average Bonchev–Trinajstić information content (AvgIpc) is 2.60. The van der Waals surface area contributed by atoms with E-state index in [1.54, 1.807) is 0 Å². The van der Waals surface area contributed by atoms with E-state index in [1.165, 1.54) is 6.42 Å². The van der Waals surface area contributed by atoms with Gasteiger partial charge in [-0.25, -0.2) is 8.42 Å². The van der Waals surface area contributed by atoms with Gasteiger partial charge in [-0.05, 0) is 30.5 Å². The van der Waals surface area contributed by atoms with Gasteiger partial charge < -0.3 is 0 Å². The molecule has 5 heteroatoms. The lowest BCUT2D eigenvalue weighted by Crippen LogP contribution is -2.49. The minimum atomic E-state index is -3.31. The molecule has 0 N–H and O–H groups in total. The van der Waals surface area contributed by atoms with Crippen LogP contribution in [0.2, 0.25) is 13.1 Å². The third-order valence-corrected chi connectivity index (χ3v) is 15.2. The molecule has 24 heavy (non-hydrogen) atoms. The maximum absolute atomic E-state index is 13.8. The first-order valence-corrected chi connectivity index (χ1v) is 15.0. The molecule has 0 aliphatic heterocycles. The van der Waals surface area contributed by atoms with E-state index >= 15 is 0 Å². The first-order valence-electron chi connectivity index (χ1n) is 9.21. The second-order valence-electron chi connectivity index (χ2n) is 7.86. The van der Waals surface area contributed by atoms with Gasteiger partial charge in [-0.15, -0.1) is 0 Å². The fraction of sp³-hybridized carbons (Fsp3) is 0.684. The van der Waals surface area contributed by atoms with E-state index in [0.717, 1.165) is 55.1 Å². The standard InChI is InChI=1S/C19H31BrO2SSi/c1-4-5-13-19(14-9-6-10-15-19)23(21,22)17-11-7-8-12-18(17)24(2,3)16-20/h7-8,11-12H,4-6,9-10,13-16H2,1-3H3. The van der Waals surface area contributed by atoms with Crippen molar-refractivity contribution in [1.82, 2.24) is 0 Å². The quantitative estimate of drug-likeness (QED) is 0.439. The predicted molar refractivity (Wildman–Crippen MR) is 110 cm³/mol. The summed E-state index contributed by atoms with van der Waals surface area (Å²) in [6.45, 7) is 6.64. The van der Waals surface area contributed by atoms with Gasteiger partial charge in [0.25, 0.3) is 0 Å². The molecule has 0 spiro atoms. The van der Waals surface area contributed by atoms with Crippen molar-refractivity contribution in [2.75, 3.05) is 4.95 Å². The van der Waals surface area contributed by atoms with Gasteiger partial charge in [-0.1, -0.05) is 86.3 Å². The molecular weight excluding hydrogens is 400 g/mol. The molecule has 0 bridgehead atoms.